The molecular formula is C8H22N2O5. The maximum Gasteiger partial charge on any atom is 0.0913 e. The van der Waals surface area contributed by atoms with Gasteiger partial charge in [0.2, 0.25) is 0 Å². The van der Waals surface area contributed by atoms with Gasteiger partial charge >= 0.3 is 0 Å². The van der Waals surface area contributed by atoms with Crippen molar-refractivity contribution in [3.05, 3.63) is 0 Å². The lowest BCUT2D eigenvalue weighted by molar-refractivity contribution is 0.0330. The van der Waals surface area contributed by atoms with E-state index in [1.807, 2.05) is 0 Å². The average molecular weight is 226 g/mol. The Bertz CT molecular complexity index is 87.1. The molecule has 6 N–H and O–H groups in total. The highest BCUT2D eigenvalue weighted by molar-refractivity contribution is 4.28. The van der Waals surface area contributed by atoms with Crippen LogP contribution in [0.25, 0.3) is 0 Å². The second kappa shape index (κ2) is 19.3. The summed E-state index contributed by atoms with van der Waals surface area (Å²) in [7, 11) is 0. The standard InChI is InChI=1S/C4H11NO3.C4H11NO2/c5-8-4-3-7-2-1-6;5-1-3-7-4-2-6/h6H,1-5H2;6H,1-5H2. The molecule has 0 aliphatic carbocycles. The van der Waals surface area contributed by atoms with Gasteiger partial charge in [0.1, 0.15) is 0 Å². The second-order valence-electron chi connectivity index (χ2n) is 2.33. The third-order valence-corrected chi connectivity index (χ3v) is 1.08. The van der Waals surface area contributed by atoms with Gasteiger partial charge in [-0.15, -0.1) is 0 Å². The summed E-state index contributed by atoms with van der Waals surface area (Å²) in [6.07, 6.45) is 0. The Balaban J connectivity index is 0. The normalized spacial score (nSPS) is 9.60. The van der Waals surface area contributed by atoms with E-state index in [-0.39, 0.29) is 13.2 Å². The van der Waals surface area contributed by atoms with Gasteiger partial charge in [-0.3, -0.25) is 0 Å². The summed E-state index contributed by atoms with van der Waals surface area (Å²) in [6, 6.07) is 0. The maximum atomic E-state index is 8.17. The van der Waals surface area contributed by atoms with Crippen LogP contribution in [0.1, 0.15) is 0 Å². The molecule has 0 fully saturated rings. The summed E-state index contributed by atoms with van der Waals surface area (Å²) in [6.45, 7) is 2.77. The van der Waals surface area contributed by atoms with Gasteiger partial charge in [-0.1, -0.05) is 0 Å². The first kappa shape index (κ1) is 17.1. The van der Waals surface area contributed by atoms with Crippen molar-refractivity contribution >= 4 is 0 Å². The van der Waals surface area contributed by atoms with Crippen molar-refractivity contribution in [1.29, 1.82) is 0 Å². The molecule has 0 aromatic rings. The first-order valence-electron chi connectivity index (χ1n) is 4.72. The summed E-state index contributed by atoms with van der Waals surface area (Å²) in [5.41, 5.74) is 5.06. The van der Waals surface area contributed by atoms with Crippen molar-refractivity contribution in [3.63, 3.8) is 0 Å². The number of ether oxygens (including phenoxy) is 2. The molecular weight excluding hydrogens is 204 g/mol. The van der Waals surface area contributed by atoms with E-state index in [9.17, 15) is 0 Å². The molecule has 0 aliphatic heterocycles. The SMILES string of the molecule is NCCOCCO.NOCCOCCO. The van der Waals surface area contributed by atoms with Crippen LogP contribution in [0.5, 0.6) is 0 Å². The van der Waals surface area contributed by atoms with Crippen molar-refractivity contribution in [3.8, 4) is 0 Å². The minimum absolute atomic E-state index is 0.0462. The van der Waals surface area contributed by atoms with E-state index in [1.165, 1.54) is 0 Å². The Morgan fingerprint density at radius 2 is 1.33 bits per heavy atom. The van der Waals surface area contributed by atoms with Crippen molar-refractivity contribution in [2.24, 2.45) is 11.6 Å². The van der Waals surface area contributed by atoms with E-state index in [4.69, 9.17) is 25.4 Å². The smallest absolute Gasteiger partial charge is 0.0913 e. The minimum Gasteiger partial charge on any atom is -0.394 e. The zero-order chi connectivity index (χ0) is 11.8. The predicted octanol–water partition coefficient (Wildman–Crippen LogP) is -2.16. The average Bonchev–Trinajstić information content (AvgIpc) is 2.26. The molecule has 0 atom stereocenters. The lowest BCUT2D eigenvalue weighted by Gasteiger charge is -1.97. The van der Waals surface area contributed by atoms with Crippen LogP contribution < -0.4 is 11.6 Å². The Morgan fingerprint density at radius 1 is 0.800 bits per heavy atom. The van der Waals surface area contributed by atoms with Crippen LogP contribution in [0.2, 0.25) is 0 Å². The van der Waals surface area contributed by atoms with E-state index in [2.05, 4.69) is 10.7 Å². The molecule has 0 saturated carbocycles. The van der Waals surface area contributed by atoms with Crippen molar-refractivity contribution in [2.75, 3.05) is 52.8 Å². The number of rotatable bonds is 9. The van der Waals surface area contributed by atoms with Crippen LogP contribution in [0, 0.1) is 0 Å². The molecule has 0 amide bonds. The van der Waals surface area contributed by atoms with Gasteiger partial charge in [0.05, 0.1) is 46.2 Å². The molecule has 0 rings (SSSR count). The molecule has 0 aromatic heterocycles. The van der Waals surface area contributed by atoms with Crippen LogP contribution in [-0.4, -0.2) is 63.0 Å². The fourth-order valence-corrected chi connectivity index (χ4v) is 0.524. The summed E-state index contributed by atoms with van der Waals surface area (Å²) in [5.74, 6) is 4.67. The first-order chi connectivity index (χ1) is 7.33. The maximum absolute atomic E-state index is 8.17. The van der Waals surface area contributed by atoms with Gasteiger partial charge < -0.3 is 30.3 Å². The molecule has 0 unspecified atom stereocenters. The van der Waals surface area contributed by atoms with Crippen LogP contribution in [-0.2, 0) is 14.3 Å². The monoisotopic (exact) mass is 226 g/mol. The third-order valence-electron chi connectivity index (χ3n) is 1.08. The van der Waals surface area contributed by atoms with E-state index >= 15 is 0 Å². The Kier molecular flexibility index (Phi) is 22.1. The summed E-state index contributed by atoms with van der Waals surface area (Å²) in [4.78, 5) is 4.18. The third kappa shape index (κ3) is 24.8. The quantitative estimate of drug-likeness (QED) is 0.261. The zero-order valence-electron chi connectivity index (χ0n) is 8.93. The molecule has 0 bridgehead atoms. The van der Waals surface area contributed by atoms with Crippen LogP contribution in [0.4, 0.5) is 0 Å². The van der Waals surface area contributed by atoms with Crippen molar-refractivity contribution in [2.45, 2.75) is 0 Å². The van der Waals surface area contributed by atoms with Gasteiger partial charge in [0.15, 0.2) is 0 Å². The number of nitrogens with two attached hydrogens (primary N) is 2. The van der Waals surface area contributed by atoms with Crippen LogP contribution >= 0.6 is 0 Å². The number of aliphatic hydroxyl groups is 2. The summed E-state index contributed by atoms with van der Waals surface area (Å²) in [5, 5.41) is 16.3. The van der Waals surface area contributed by atoms with Gasteiger partial charge in [-0.25, -0.2) is 5.90 Å². The second-order valence-corrected chi connectivity index (χ2v) is 2.33. The zero-order valence-corrected chi connectivity index (χ0v) is 8.93. The Hall–Kier alpha value is -0.280. The predicted molar refractivity (Wildman–Crippen MR) is 55.0 cm³/mol. The lowest BCUT2D eigenvalue weighted by Crippen LogP contribution is -2.10. The van der Waals surface area contributed by atoms with E-state index in [0.29, 0.717) is 39.6 Å². The van der Waals surface area contributed by atoms with Crippen LogP contribution in [0.3, 0.4) is 0 Å². The molecule has 0 spiro atoms. The molecule has 7 nitrogen and oxygen atoms in total. The first-order valence-corrected chi connectivity index (χ1v) is 4.72. The number of aliphatic hydroxyl groups excluding tert-OH is 2. The molecule has 7 heteroatoms. The fraction of sp³-hybridized carbons (Fsp3) is 1.00. The van der Waals surface area contributed by atoms with E-state index in [0.717, 1.165) is 0 Å². The minimum atomic E-state index is 0.0462. The topological polar surface area (TPSA) is 120 Å². The van der Waals surface area contributed by atoms with Crippen molar-refractivity contribution < 1.29 is 24.5 Å². The van der Waals surface area contributed by atoms with Gasteiger partial charge in [-0.2, -0.15) is 0 Å². The molecule has 0 heterocycles. The lowest BCUT2D eigenvalue weighted by atomic mass is 10.7. The highest BCUT2D eigenvalue weighted by atomic mass is 16.6. The van der Waals surface area contributed by atoms with Crippen LogP contribution in [0.15, 0.2) is 0 Å². The molecule has 0 saturated heterocycles. The molecule has 0 radical (unpaired) electrons. The fourth-order valence-electron chi connectivity index (χ4n) is 0.524. The highest BCUT2D eigenvalue weighted by Gasteiger charge is 1.82. The van der Waals surface area contributed by atoms with E-state index in [1.54, 1.807) is 0 Å². The summed E-state index contributed by atoms with van der Waals surface area (Å²) >= 11 is 0. The molecule has 15 heavy (non-hydrogen) atoms. The Labute approximate surface area is 89.9 Å². The van der Waals surface area contributed by atoms with Gasteiger partial charge in [0.25, 0.3) is 0 Å². The molecule has 0 aliphatic rings. The highest BCUT2D eigenvalue weighted by Crippen LogP contribution is 1.71. The molecule has 0 aromatic carbocycles. The summed E-state index contributed by atoms with van der Waals surface area (Å²) < 4.78 is 9.53. The van der Waals surface area contributed by atoms with E-state index < -0.39 is 0 Å². The van der Waals surface area contributed by atoms with Gasteiger partial charge in [0, 0.05) is 6.54 Å². The Morgan fingerprint density at radius 3 is 1.73 bits per heavy atom. The number of hydrogen-bond donors (Lipinski definition) is 4. The van der Waals surface area contributed by atoms with Gasteiger partial charge in [-0.05, 0) is 0 Å². The number of hydrogen-bond acceptors (Lipinski definition) is 7. The van der Waals surface area contributed by atoms with Crippen molar-refractivity contribution in [1.82, 2.24) is 0 Å². The molecule has 94 valence electrons. The largest absolute Gasteiger partial charge is 0.394 e.